The third-order valence-corrected chi connectivity index (χ3v) is 2.82. The summed E-state index contributed by atoms with van der Waals surface area (Å²) in [6.45, 7) is 3.94. The largest absolute Gasteiger partial charge is 0.350 e. The molecule has 1 aromatic rings. The molecule has 0 radical (unpaired) electrons. The van der Waals surface area contributed by atoms with Crippen molar-refractivity contribution in [1.82, 2.24) is 5.32 Å². The maximum Gasteiger partial charge on any atom is 0.251 e. The summed E-state index contributed by atoms with van der Waals surface area (Å²) in [5, 5.41) is 11.6. The number of amides is 1. The van der Waals surface area contributed by atoms with Crippen LogP contribution in [0.4, 0.5) is 0 Å². The van der Waals surface area contributed by atoms with E-state index in [1.165, 1.54) is 0 Å². The Bertz CT molecular complexity index is 418. The van der Waals surface area contributed by atoms with Gasteiger partial charge in [0, 0.05) is 15.7 Å². The monoisotopic (exact) mass is 328 g/mol. The van der Waals surface area contributed by atoms with Gasteiger partial charge in [0.1, 0.15) is 0 Å². The number of hydrogen-bond donors (Lipinski definition) is 1. The Morgan fingerprint density at radius 1 is 1.44 bits per heavy atom. The van der Waals surface area contributed by atoms with Crippen molar-refractivity contribution in [3.63, 3.8) is 0 Å². The number of nitrogens with zero attached hydrogens (tertiary/aromatic N) is 1. The predicted molar refractivity (Wildman–Crippen MR) is 70.9 cm³/mol. The molecule has 4 heteroatoms. The van der Waals surface area contributed by atoms with Gasteiger partial charge in [0.25, 0.3) is 5.91 Å². The van der Waals surface area contributed by atoms with Gasteiger partial charge in [-0.3, -0.25) is 4.79 Å². The topological polar surface area (TPSA) is 52.9 Å². The summed E-state index contributed by atoms with van der Waals surface area (Å²) in [5.74, 6) is -0.139. The third-order valence-electron chi connectivity index (χ3n) is 2.10. The minimum absolute atomic E-state index is 0.139. The predicted octanol–water partition coefficient (Wildman–Crippen LogP) is 2.57. The molecule has 1 aromatic carbocycles. The van der Waals surface area contributed by atoms with Crippen LogP contribution in [0, 0.1) is 20.3 Å². The Balaban J connectivity index is 2.61. The molecule has 84 valence electrons. The van der Waals surface area contributed by atoms with E-state index in [1.54, 1.807) is 26.0 Å². The second-order valence-corrected chi connectivity index (χ2v) is 5.43. The van der Waals surface area contributed by atoms with E-state index in [9.17, 15) is 4.79 Å². The Morgan fingerprint density at radius 2 is 2.00 bits per heavy atom. The van der Waals surface area contributed by atoms with Crippen molar-refractivity contribution < 1.29 is 4.79 Å². The molecule has 1 rings (SSSR count). The van der Waals surface area contributed by atoms with Crippen molar-refractivity contribution in [3.8, 4) is 6.07 Å². The van der Waals surface area contributed by atoms with Gasteiger partial charge in [-0.2, -0.15) is 5.26 Å². The van der Waals surface area contributed by atoms with Gasteiger partial charge in [-0.1, -0.05) is 0 Å². The molecule has 0 heterocycles. The van der Waals surface area contributed by atoms with E-state index in [2.05, 4.69) is 34.0 Å². The standard InChI is InChI=1S/C12H13IN2O/c1-12(2,7-14)8-15-11(16)9-3-5-10(13)6-4-9/h3-6H,8H2,1-2H3,(H,15,16). The maximum atomic E-state index is 11.7. The highest BCUT2D eigenvalue weighted by Crippen LogP contribution is 2.11. The van der Waals surface area contributed by atoms with Crippen molar-refractivity contribution in [2.75, 3.05) is 6.54 Å². The SMILES string of the molecule is CC(C)(C#N)CNC(=O)c1ccc(I)cc1. The van der Waals surface area contributed by atoms with Crippen LogP contribution in [0.25, 0.3) is 0 Å². The molecule has 0 aliphatic carbocycles. The number of carbonyl (C=O) groups is 1. The van der Waals surface area contributed by atoms with Crippen LogP contribution in [-0.2, 0) is 0 Å². The minimum Gasteiger partial charge on any atom is -0.350 e. The van der Waals surface area contributed by atoms with Crippen LogP contribution in [0.3, 0.4) is 0 Å². The molecule has 0 fully saturated rings. The molecule has 0 unspecified atom stereocenters. The van der Waals surface area contributed by atoms with Crippen molar-refractivity contribution in [3.05, 3.63) is 33.4 Å². The molecule has 0 bridgehead atoms. The lowest BCUT2D eigenvalue weighted by atomic mass is 9.96. The third kappa shape index (κ3) is 3.81. The fourth-order valence-corrected chi connectivity index (χ4v) is 1.40. The molecule has 0 saturated heterocycles. The van der Waals surface area contributed by atoms with Crippen LogP contribution in [0.5, 0.6) is 0 Å². The number of nitriles is 1. The van der Waals surface area contributed by atoms with E-state index in [0.717, 1.165) is 3.57 Å². The minimum atomic E-state index is -0.529. The number of nitrogens with one attached hydrogen (secondary N) is 1. The summed E-state index contributed by atoms with van der Waals surface area (Å²) in [7, 11) is 0. The maximum absolute atomic E-state index is 11.7. The Kier molecular flexibility index (Phi) is 4.30. The van der Waals surface area contributed by atoms with Gasteiger partial charge in [0.15, 0.2) is 0 Å². The van der Waals surface area contributed by atoms with Gasteiger partial charge in [-0.25, -0.2) is 0 Å². The second-order valence-electron chi connectivity index (χ2n) is 4.19. The molecule has 1 N–H and O–H groups in total. The molecule has 0 aromatic heterocycles. The zero-order valence-electron chi connectivity index (χ0n) is 9.25. The lowest BCUT2D eigenvalue weighted by Crippen LogP contribution is -2.33. The molecule has 0 aliphatic rings. The summed E-state index contributed by atoms with van der Waals surface area (Å²) in [4.78, 5) is 11.7. The summed E-state index contributed by atoms with van der Waals surface area (Å²) in [6.07, 6.45) is 0. The van der Waals surface area contributed by atoms with Gasteiger partial charge in [0.2, 0.25) is 0 Å². The first kappa shape index (κ1) is 13.0. The molecule has 0 spiro atoms. The summed E-state index contributed by atoms with van der Waals surface area (Å²) >= 11 is 2.19. The van der Waals surface area contributed by atoms with Crippen molar-refractivity contribution in [2.24, 2.45) is 5.41 Å². The quantitative estimate of drug-likeness (QED) is 0.867. The lowest BCUT2D eigenvalue weighted by molar-refractivity contribution is 0.0943. The Labute approximate surface area is 109 Å². The molecule has 1 amide bonds. The number of carbonyl (C=O) groups excluding carboxylic acids is 1. The van der Waals surface area contributed by atoms with Gasteiger partial charge in [0.05, 0.1) is 11.5 Å². The van der Waals surface area contributed by atoms with Gasteiger partial charge < -0.3 is 5.32 Å². The highest BCUT2D eigenvalue weighted by atomic mass is 127. The van der Waals surface area contributed by atoms with E-state index in [0.29, 0.717) is 12.1 Å². The number of rotatable bonds is 3. The van der Waals surface area contributed by atoms with Crippen LogP contribution in [0.2, 0.25) is 0 Å². The number of halogens is 1. The average Bonchev–Trinajstić information content (AvgIpc) is 2.27. The summed E-state index contributed by atoms with van der Waals surface area (Å²) < 4.78 is 1.09. The molecule has 16 heavy (non-hydrogen) atoms. The van der Waals surface area contributed by atoms with E-state index in [4.69, 9.17) is 5.26 Å². The zero-order chi connectivity index (χ0) is 12.2. The molecule has 0 aliphatic heterocycles. The molecule has 0 atom stereocenters. The van der Waals surface area contributed by atoms with Gasteiger partial charge >= 0.3 is 0 Å². The first-order valence-electron chi connectivity index (χ1n) is 4.90. The van der Waals surface area contributed by atoms with Crippen molar-refractivity contribution >= 4 is 28.5 Å². The summed E-state index contributed by atoms with van der Waals surface area (Å²) in [6, 6.07) is 9.45. The highest BCUT2D eigenvalue weighted by Gasteiger charge is 2.17. The molecular weight excluding hydrogens is 315 g/mol. The first-order chi connectivity index (χ1) is 7.44. The first-order valence-corrected chi connectivity index (χ1v) is 5.97. The zero-order valence-corrected chi connectivity index (χ0v) is 11.4. The van der Waals surface area contributed by atoms with E-state index < -0.39 is 5.41 Å². The number of hydrogen-bond acceptors (Lipinski definition) is 2. The smallest absolute Gasteiger partial charge is 0.251 e. The Morgan fingerprint density at radius 3 is 2.50 bits per heavy atom. The van der Waals surface area contributed by atoms with Crippen LogP contribution in [-0.4, -0.2) is 12.5 Å². The van der Waals surface area contributed by atoms with Gasteiger partial charge in [-0.05, 0) is 60.7 Å². The highest BCUT2D eigenvalue weighted by molar-refractivity contribution is 14.1. The van der Waals surface area contributed by atoms with E-state index >= 15 is 0 Å². The molecular formula is C12H13IN2O. The van der Waals surface area contributed by atoms with Crippen molar-refractivity contribution in [2.45, 2.75) is 13.8 Å². The fraction of sp³-hybridized carbons (Fsp3) is 0.333. The second kappa shape index (κ2) is 5.30. The average molecular weight is 328 g/mol. The summed E-state index contributed by atoms with van der Waals surface area (Å²) in [5.41, 5.74) is 0.0907. The lowest BCUT2D eigenvalue weighted by Gasteiger charge is -2.15. The normalized spacial score (nSPS) is 10.6. The van der Waals surface area contributed by atoms with E-state index in [1.807, 2.05) is 12.1 Å². The molecule has 3 nitrogen and oxygen atoms in total. The molecule has 0 saturated carbocycles. The fourth-order valence-electron chi connectivity index (χ4n) is 1.04. The van der Waals surface area contributed by atoms with Gasteiger partial charge in [-0.15, -0.1) is 0 Å². The van der Waals surface area contributed by atoms with Crippen LogP contribution in [0.1, 0.15) is 24.2 Å². The Hall–Kier alpha value is -1.09. The van der Waals surface area contributed by atoms with Crippen LogP contribution >= 0.6 is 22.6 Å². The van der Waals surface area contributed by atoms with E-state index in [-0.39, 0.29) is 5.91 Å². The van der Waals surface area contributed by atoms with Crippen LogP contribution < -0.4 is 5.32 Å². The number of benzene rings is 1. The van der Waals surface area contributed by atoms with Crippen LogP contribution in [0.15, 0.2) is 24.3 Å². The van der Waals surface area contributed by atoms with Crippen molar-refractivity contribution in [1.29, 1.82) is 5.26 Å².